The van der Waals surface area contributed by atoms with Crippen molar-refractivity contribution in [2.45, 2.75) is 5.44 Å². The van der Waals surface area contributed by atoms with Crippen molar-refractivity contribution in [1.82, 2.24) is 4.90 Å². The molecule has 0 spiro atoms. The molecule has 1 atom stereocenters. The van der Waals surface area contributed by atoms with Gasteiger partial charge in [-0.1, -0.05) is 12.2 Å². The molecular formula is C8H15NO2S2. The first-order valence-corrected chi connectivity index (χ1v) is 5.91. The van der Waals surface area contributed by atoms with Crippen LogP contribution in [0.5, 0.6) is 0 Å². The van der Waals surface area contributed by atoms with Crippen molar-refractivity contribution in [2.24, 2.45) is 0 Å². The molecule has 0 N–H and O–H groups in total. The van der Waals surface area contributed by atoms with Crippen molar-refractivity contribution < 1.29 is 9.47 Å². The second-order valence-electron chi connectivity index (χ2n) is 2.74. The zero-order valence-electron chi connectivity index (χ0n) is 7.99. The molecule has 0 amide bonds. The van der Waals surface area contributed by atoms with Crippen LogP contribution in [0.15, 0.2) is 0 Å². The lowest BCUT2D eigenvalue weighted by Gasteiger charge is -2.31. The minimum absolute atomic E-state index is 0.00750. The van der Waals surface area contributed by atoms with Gasteiger partial charge in [0.25, 0.3) is 0 Å². The molecule has 76 valence electrons. The van der Waals surface area contributed by atoms with Gasteiger partial charge in [0.2, 0.25) is 0 Å². The number of nitrogens with zero attached hydrogens (tertiary/aromatic N) is 1. The predicted molar refractivity (Wildman–Crippen MR) is 59.3 cm³/mol. The zero-order chi connectivity index (χ0) is 9.68. The van der Waals surface area contributed by atoms with E-state index < -0.39 is 0 Å². The molecule has 1 rings (SSSR count). The fraction of sp³-hybridized carbons (Fsp3) is 0.875. The molecule has 0 aromatic rings. The predicted octanol–water partition coefficient (Wildman–Crippen LogP) is 0.982. The van der Waals surface area contributed by atoms with E-state index in [1.54, 1.807) is 18.9 Å². The molecule has 1 fully saturated rings. The average Bonchev–Trinajstić information content (AvgIpc) is 2.21. The highest BCUT2D eigenvalue weighted by atomic mass is 32.2. The Hall–Kier alpha value is 0.160. The molecule has 0 aliphatic carbocycles. The summed E-state index contributed by atoms with van der Waals surface area (Å²) in [6.45, 7) is 3.31. The number of ether oxygens (including phenoxy) is 2. The van der Waals surface area contributed by atoms with Gasteiger partial charge in [0.15, 0.2) is 5.44 Å². The third-order valence-corrected chi connectivity index (χ3v) is 3.42. The quantitative estimate of drug-likeness (QED) is 0.522. The molecule has 1 heterocycles. The molecule has 1 aliphatic rings. The number of thioether (sulfide) groups is 1. The van der Waals surface area contributed by atoms with Crippen LogP contribution in [0.1, 0.15) is 0 Å². The van der Waals surface area contributed by atoms with E-state index in [2.05, 4.69) is 4.90 Å². The van der Waals surface area contributed by atoms with E-state index in [9.17, 15) is 0 Å². The van der Waals surface area contributed by atoms with E-state index in [0.29, 0.717) is 0 Å². The van der Waals surface area contributed by atoms with Gasteiger partial charge in [-0.15, -0.1) is 11.8 Å². The van der Waals surface area contributed by atoms with Crippen LogP contribution in [-0.4, -0.2) is 55.0 Å². The first kappa shape index (κ1) is 11.2. The molecule has 5 heteroatoms. The van der Waals surface area contributed by atoms with Gasteiger partial charge in [0, 0.05) is 20.2 Å². The third kappa shape index (κ3) is 3.09. The topological polar surface area (TPSA) is 21.7 Å². The minimum atomic E-state index is 0.00750. The summed E-state index contributed by atoms with van der Waals surface area (Å²) in [5.74, 6) is 0. The lowest BCUT2D eigenvalue weighted by atomic mass is 10.4. The molecule has 0 aromatic carbocycles. The van der Waals surface area contributed by atoms with Crippen molar-refractivity contribution in [3.05, 3.63) is 0 Å². The Morgan fingerprint density at radius 2 is 2.15 bits per heavy atom. The Labute approximate surface area is 88.8 Å². The van der Waals surface area contributed by atoms with Crippen LogP contribution in [0, 0.1) is 0 Å². The molecule has 0 saturated carbocycles. The fourth-order valence-corrected chi connectivity index (χ4v) is 2.34. The Balaban J connectivity index is 2.44. The van der Waals surface area contributed by atoms with Crippen LogP contribution in [0.2, 0.25) is 0 Å². The van der Waals surface area contributed by atoms with E-state index in [1.165, 1.54) is 0 Å². The summed E-state index contributed by atoms with van der Waals surface area (Å²) in [5, 5.41) is 0. The van der Waals surface area contributed by atoms with E-state index in [4.69, 9.17) is 21.7 Å². The number of hydrogen-bond donors (Lipinski definition) is 0. The van der Waals surface area contributed by atoms with Crippen LogP contribution >= 0.6 is 24.0 Å². The standard InChI is InChI=1S/C8H15NO2S2/c1-10-8(13-2)7(12)9-3-5-11-6-4-9/h8H,3-6H2,1-2H3. The van der Waals surface area contributed by atoms with Crippen LogP contribution < -0.4 is 0 Å². The first-order chi connectivity index (χ1) is 6.29. The molecule has 1 aliphatic heterocycles. The summed E-state index contributed by atoms with van der Waals surface area (Å²) in [6, 6.07) is 0. The number of hydrogen-bond acceptors (Lipinski definition) is 4. The summed E-state index contributed by atoms with van der Waals surface area (Å²) < 4.78 is 10.5. The molecular weight excluding hydrogens is 206 g/mol. The van der Waals surface area contributed by atoms with Gasteiger partial charge < -0.3 is 14.4 Å². The lowest BCUT2D eigenvalue weighted by Crippen LogP contribution is -2.44. The van der Waals surface area contributed by atoms with Crippen molar-refractivity contribution in [2.75, 3.05) is 39.7 Å². The third-order valence-electron chi connectivity index (χ3n) is 1.95. The average molecular weight is 221 g/mol. The zero-order valence-corrected chi connectivity index (χ0v) is 9.62. The van der Waals surface area contributed by atoms with Gasteiger partial charge in [0.1, 0.15) is 4.99 Å². The SMILES string of the molecule is COC(SC)C(=S)N1CCOCC1. The fourth-order valence-electron chi connectivity index (χ4n) is 1.23. The van der Waals surface area contributed by atoms with Gasteiger partial charge in [-0.3, -0.25) is 0 Å². The van der Waals surface area contributed by atoms with Crippen LogP contribution in [0.25, 0.3) is 0 Å². The van der Waals surface area contributed by atoms with Crippen molar-refractivity contribution >= 4 is 29.0 Å². The summed E-state index contributed by atoms with van der Waals surface area (Å²) in [5.41, 5.74) is 0.00750. The van der Waals surface area contributed by atoms with Gasteiger partial charge >= 0.3 is 0 Å². The van der Waals surface area contributed by atoms with Crippen LogP contribution in [-0.2, 0) is 9.47 Å². The highest BCUT2D eigenvalue weighted by Gasteiger charge is 2.20. The number of methoxy groups -OCH3 is 1. The number of morpholine rings is 1. The smallest absolute Gasteiger partial charge is 0.152 e. The van der Waals surface area contributed by atoms with Gasteiger partial charge in [-0.2, -0.15) is 0 Å². The maximum absolute atomic E-state index is 5.32. The lowest BCUT2D eigenvalue weighted by molar-refractivity contribution is 0.0649. The van der Waals surface area contributed by atoms with Gasteiger partial charge in [0.05, 0.1) is 13.2 Å². The summed E-state index contributed by atoms with van der Waals surface area (Å²) in [6.07, 6.45) is 2.00. The summed E-state index contributed by atoms with van der Waals surface area (Å²) >= 11 is 6.94. The van der Waals surface area contributed by atoms with E-state index in [0.717, 1.165) is 31.3 Å². The number of thiocarbonyl (C=S) groups is 1. The maximum Gasteiger partial charge on any atom is 0.152 e. The molecule has 13 heavy (non-hydrogen) atoms. The van der Waals surface area contributed by atoms with E-state index >= 15 is 0 Å². The molecule has 0 bridgehead atoms. The largest absolute Gasteiger partial charge is 0.378 e. The second-order valence-corrected chi connectivity index (χ2v) is 4.06. The van der Waals surface area contributed by atoms with Gasteiger partial charge in [-0.25, -0.2) is 0 Å². The maximum atomic E-state index is 5.32. The Bertz CT molecular complexity index is 168. The van der Waals surface area contributed by atoms with Crippen LogP contribution in [0.3, 0.4) is 0 Å². The Morgan fingerprint density at radius 1 is 1.54 bits per heavy atom. The van der Waals surface area contributed by atoms with Crippen molar-refractivity contribution in [1.29, 1.82) is 0 Å². The minimum Gasteiger partial charge on any atom is -0.378 e. The molecule has 0 aromatic heterocycles. The molecule has 0 radical (unpaired) electrons. The second kappa shape index (κ2) is 5.80. The first-order valence-electron chi connectivity index (χ1n) is 4.21. The summed E-state index contributed by atoms with van der Waals surface area (Å²) in [4.78, 5) is 3.04. The van der Waals surface area contributed by atoms with Crippen LogP contribution in [0.4, 0.5) is 0 Å². The number of rotatable bonds is 3. The molecule has 1 unspecified atom stereocenters. The normalized spacial score (nSPS) is 20.0. The summed E-state index contributed by atoms with van der Waals surface area (Å²) in [7, 11) is 1.69. The van der Waals surface area contributed by atoms with E-state index in [-0.39, 0.29) is 5.44 Å². The monoisotopic (exact) mass is 221 g/mol. The van der Waals surface area contributed by atoms with Crippen molar-refractivity contribution in [3.8, 4) is 0 Å². The van der Waals surface area contributed by atoms with E-state index in [1.807, 2.05) is 6.26 Å². The highest BCUT2D eigenvalue weighted by molar-refractivity contribution is 8.00. The highest BCUT2D eigenvalue weighted by Crippen LogP contribution is 2.13. The Kier molecular flexibility index (Phi) is 5.01. The molecule has 1 saturated heterocycles. The molecule has 3 nitrogen and oxygen atoms in total. The van der Waals surface area contributed by atoms with Crippen molar-refractivity contribution in [3.63, 3.8) is 0 Å². The Morgan fingerprint density at radius 3 is 2.62 bits per heavy atom. The van der Waals surface area contributed by atoms with Gasteiger partial charge in [-0.05, 0) is 6.26 Å².